The van der Waals surface area contributed by atoms with Crippen LogP contribution in [-0.2, 0) is 19.3 Å². The van der Waals surface area contributed by atoms with Gasteiger partial charge in [0.1, 0.15) is 5.75 Å². The third kappa shape index (κ3) is 2.47. The molecule has 0 spiro atoms. The lowest BCUT2D eigenvalue weighted by Crippen LogP contribution is -2.07. The molecule has 2 aliphatic rings. The van der Waals surface area contributed by atoms with Gasteiger partial charge in [0.15, 0.2) is 0 Å². The highest BCUT2D eigenvalue weighted by molar-refractivity contribution is 5.45. The maximum absolute atomic E-state index is 5.98. The molecule has 0 bridgehead atoms. The zero-order valence-electron chi connectivity index (χ0n) is 10.4. The van der Waals surface area contributed by atoms with E-state index in [4.69, 9.17) is 10.5 Å². The summed E-state index contributed by atoms with van der Waals surface area (Å²) in [6.45, 7) is 1.61. The molecular weight excluding hydrogens is 210 g/mol. The van der Waals surface area contributed by atoms with Gasteiger partial charge in [-0.3, -0.25) is 0 Å². The second-order valence-corrected chi connectivity index (χ2v) is 5.38. The average molecular weight is 231 g/mol. The summed E-state index contributed by atoms with van der Waals surface area (Å²) in [6, 6.07) is 4.60. The van der Waals surface area contributed by atoms with Gasteiger partial charge in [-0.25, -0.2) is 0 Å². The summed E-state index contributed by atoms with van der Waals surface area (Å²) in [5.41, 5.74) is 10.0. The van der Waals surface area contributed by atoms with Crippen LogP contribution >= 0.6 is 0 Å². The van der Waals surface area contributed by atoms with Crippen LogP contribution in [0.25, 0.3) is 0 Å². The second-order valence-electron chi connectivity index (χ2n) is 5.38. The van der Waals surface area contributed by atoms with E-state index in [1.165, 1.54) is 48.8 Å². The van der Waals surface area contributed by atoms with Gasteiger partial charge in [0.2, 0.25) is 0 Å². The first-order valence-electron chi connectivity index (χ1n) is 6.84. The van der Waals surface area contributed by atoms with Crippen LogP contribution in [0.2, 0.25) is 0 Å². The Bertz CT molecular complexity index is 410. The summed E-state index contributed by atoms with van der Waals surface area (Å²) in [5, 5.41) is 0. The summed E-state index contributed by atoms with van der Waals surface area (Å²) in [4.78, 5) is 0. The molecule has 1 fully saturated rings. The molecule has 0 amide bonds. The first-order chi connectivity index (χ1) is 8.36. The van der Waals surface area contributed by atoms with Gasteiger partial charge in [0, 0.05) is 0 Å². The van der Waals surface area contributed by atoms with Crippen molar-refractivity contribution in [1.29, 1.82) is 0 Å². The van der Waals surface area contributed by atoms with E-state index in [0.29, 0.717) is 6.54 Å². The standard InChI is InChI=1S/C15H21NO/c16-7-6-14-8-12-2-1-3-13(12)9-15(14)17-10-11-4-5-11/h8-9,11H,1-7,10,16H2. The van der Waals surface area contributed by atoms with E-state index in [1.54, 1.807) is 0 Å². The van der Waals surface area contributed by atoms with Crippen molar-refractivity contribution in [3.8, 4) is 5.75 Å². The van der Waals surface area contributed by atoms with Crippen LogP contribution in [0.5, 0.6) is 5.75 Å². The van der Waals surface area contributed by atoms with Gasteiger partial charge >= 0.3 is 0 Å². The van der Waals surface area contributed by atoms with Gasteiger partial charge in [-0.05, 0) is 73.7 Å². The Morgan fingerprint density at radius 3 is 2.65 bits per heavy atom. The predicted molar refractivity (Wildman–Crippen MR) is 69.4 cm³/mol. The number of hydrogen-bond acceptors (Lipinski definition) is 2. The fourth-order valence-corrected chi connectivity index (χ4v) is 2.63. The van der Waals surface area contributed by atoms with Crippen molar-refractivity contribution in [1.82, 2.24) is 0 Å². The van der Waals surface area contributed by atoms with E-state index in [2.05, 4.69) is 12.1 Å². The molecule has 17 heavy (non-hydrogen) atoms. The van der Waals surface area contributed by atoms with Gasteiger partial charge in [-0.1, -0.05) is 6.07 Å². The molecule has 1 aromatic rings. The molecule has 2 heteroatoms. The van der Waals surface area contributed by atoms with Crippen LogP contribution in [0.3, 0.4) is 0 Å². The molecule has 0 radical (unpaired) electrons. The normalized spacial score (nSPS) is 18.2. The Labute approximate surface area is 103 Å². The molecule has 0 aromatic heterocycles. The Balaban J connectivity index is 1.81. The molecule has 92 valence electrons. The lowest BCUT2D eigenvalue weighted by atomic mass is 10.0. The maximum atomic E-state index is 5.98. The molecule has 0 unspecified atom stereocenters. The summed E-state index contributed by atoms with van der Waals surface area (Å²) in [5.74, 6) is 1.91. The monoisotopic (exact) mass is 231 g/mol. The summed E-state index contributed by atoms with van der Waals surface area (Å²) in [6.07, 6.45) is 7.37. The summed E-state index contributed by atoms with van der Waals surface area (Å²) in [7, 11) is 0. The number of ether oxygens (including phenoxy) is 1. The minimum absolute atomic E-state index is 0.707. The van der Waals surface area contributed by atoms with Crippen molar-refractivity contribution in [2.75, 3.05) is 13.2 Å². The number of nitrogens with two attached hydrogens (primary N) is 1. The Morgan fingerprint density at radius 2 is 1.94 bits per heavy atom. The Kier molecular flexibility index (Phi) is 3.06. The molecule has 2 N–H and O–H groups in total. The molecular formula is C15H21NO. The third-order valence-electron chi connectivity index (χ3n) is 3.86. The molecule has 0 aliphatic heterocycles. The topological polar surface area (TPSA) is 35.2 Å². The zero-order chi connectivity index (χ0) is 11.7. The van der Waals surface area contributed by atoms with Gasteiger partial charge in [-0.15, -0.1) is 0 Å². The van der Waals surface area contributed by atoms with E-state index < -0.39 is 0 Å². The van der Waals surface area contributed by atoms with Gasteiger partial charge in [0.05, 0.1) is 6.61 Å². The van der Waals surface area contributed by atoms with E-state index in [9.17, 15) is 0 Å². The highest BCUT2D eigenvalue weighted by atomic mass is 16.5. The van der Waals surface area contributed by atoms with Crippen LogP contribution in [0.4, 0.5) is 0 Å². The van der Waals surface area contributed by atoms with Crippen molar-refractivity contribution in [2.24, 2.45) is 11.7 Å². The third-order valence-corrected chi connectivity index (χ3v) is 3.86. The maximum Gasteiger partial charge on any atom is 0.122 e. The number of aryl methyl sites for hydroxylation is 2. The van der Waals surface area contributed by atoms with Crippen molar-refractivity contribution >= 4 is 0 Å². The van der Waals surface area contributed by atoms with Crippen molar-refractivity contribution in [2.45, 2.75) is 38.5 Å². The van der Waals surface area contributed by atoms with Crippen LogP contribution in [0.1, 0.15) is 36.0 Å². The predicted octanol–water partition coefficient (Wildman–Crippen LogP) is 2.47. The van der Waals surface area contributed by atoms with Gasteiger partial charge < -0.3 is 10.5 Å². The van der Waals surface area contributed by atoms with Crippen LogP contribution < -0.4 is 10.5 Å². The molecule has 1 aromatic carbocycles. The van der Waals surface area contributed by atoms with Crippen molar-refractivity contribution in [3.05, 3.63) is 28.8 Å². The highest BCUT2D eigenvalue weighted by Crippen LogP contribution is 2.33. The zero-order valence-corrected chi connectivity index (χ0v) is 10.4. The SMILES string of the molecule is NCCc1cc2c(cc1OCC1CC1)CCC2. The van der Waals surface area contributed by atoms with Crippen LogP contribution in [0, 0.1) is 5.92 Å². The number of rotatable bonds is 5. The van der Waals surface area contributed by atoms with E-state index >= 15 is 0 Å². The fourth-order valence-electron chi connectivity index (χ4n) is 2.63. The first-order valence-corrected chi connectivity index (χ1v) is 6.84. The Morgan fingerprint density at radius 1 is 1.18 bits per heavy atom. The molecule has 1 saturated carbocycles. The lowest BCUT2D eigenvalue weighted by Gasteiger charge is -2.13. The number of benzene rings is 1. The van der Waals surface area contributed by atoms with Gasteiger partial charge in [0.25, 0.3) is 0 Å². The smallest absolute Gasteiger partial charge is 0.122 e. The minimum Gasteiger partial charge on any atom is -0.493 e. The number of fused-ring (bicyclic) bond motifs is 1. The number of hydrogen-bond donors (Lipinski definition) is 1. The minimum atomic E-state index is 0.707. The first kappa shape index (κ1) is 11.1. The molecule has 0 heterocycles. The molecule has 0 saturated heterocycles. The fraction of sp³-hybridized carbons (Fsp3) is 0.600. The molecule has 2 aliphatic carbocycles. The highest BCUT2D eigenvalue weighted by Gasteiger charge is 2.23. The van der Waals surface area contributed by atoms with Crippen LogP contribution in [-0.4, -0.2) is 13.2 Å². The molecule has 2 nitrogen and oxygen atoms in total. The van der Waals surface area contributed by atoms with E-state index in [0.717, 1.165) is 24.7 Å². The average Bonchev–Trinajstić information content (AvgIpc) is 3.05. The van der Waals surface area contributed by atoms with Crippen molar-refractivity contribution in [3.63, 3.8) is 0 Å². The summed E-state index contributed by atoms with van der Waals surface area (Å²) >= 11 is 0. The largest absolute Gasteiger partial charge is 0.493 e. The second kappa shape index (κ2) is 4.69. The molecule has 3 rings (SSSR count). The van der Waals surface area contributed by atoms with Crippen molar-refractivity contribution < 1.29 is 4.74 Å². The molecule has 0 atom stereocenters. The van der Waals surface area contributed by atoms with E-state index in [-0.39, 0.29) is 0 Å². The van der Waals surface area contributed by atoms with Crippen LogP contribution in [0.15, 0.2) is 12.1 Å². The van der Waals surface area contributed by atoms with Gasteiger partial charge in [-0.2, -0.15) is 0 Å². The lowest BCUT2D eigenvalue weighted by molar-refractivity contribution is 0.296. The summed E-state index contributed by atoms with van der Waals surface area (Å²) < 4.78 is 5.98. The quantitative estimate of drug-likeness (QED) is 0.845. The Hall–Kier alpha value is -1.02. The van der Waals surface area contributed by atoms with E-state index in [1.807, 2.05) is 0 Å².